The highest BCUT2D eigenvalue weighted by molar-refractivity contribution is 5.94. The zero-order chi connectivity index (χ0) is 24.8. The molecule has 9 heteroatoms. The van der Waals surface area contributed by atoms with Gasteiger partial charge in [0.25, 0.3) is 0 Å². The van der Waals surface area contributed by atoms with Gasteiger partial charge in [-0.05, 0) is 36.1 Å². The van der Waals surface area contributed by atoms with Crippen LogP contribution in [0.25, 0.3) is 38.8 Å². The summed E-state index contributed by atoms with van der Waals surface area (Å²) in [5, 5.41) is 10.4. The lowest BCUT2D eigenvalue weighted by Gasteiger charge is -2.14. The first kappa shape index (κ1) is 21.5. The van der Waals surface area contributed by atoms with E-state index in [1.54, 1.807) is 0 Å². The molecule has 0 amide bonds. The molecule has 1 fully saturated rings. The van der Waals surface area contributed by atoms with Crippen LogP contribution in [-0.4, -0.2) is 47.4 Å². The van der Waals surface area contributed by atoms with Crippen molar-refractivity contribution in [2.45, 2.75) is 19.4 Å². The molecule has 0 unspecified atom stereocenters. The number of nitrogen functional groups attached to an aromatic ring is 1. The highest BCUT2D eigenvalue weighted by Gasteiger charge is 2.19. The van der Waals surface area contributed by atoms with Gasteiger partial charge in [-0.2, -0.15) is 10.2 Å². The van der Waals surface area contributed by atoms with Gasteiger partial charge >= 0.3 is 0 Å². The average Bonchev–Trinajstić information content (AvgIpc) is 3.68. The molecule has 2 N–H and O–H groups in total. The molecule has 1 aliphatic heterocycles. The van der Waals surface area contributed by atoms with Crippen molar-refractivity contribution in [3.63, 3.8) is 0 Å². The SMILES string of the molecule is Nc1ncnn2c(-c3cnc(N4CCCC4)nc3)cc(-c3ccc4cn(Cc5ccccc5)nc4c3)c12. The van der Waals surface area contributed by atoms with Crippen LogP contribution in [-0.2, 0) is 6.54 Å². The van der Waals surface area contributed by atoms with Crippen molar-refractivity contribution in [3.05, 3.63) is 85.1 Å². The fraction of sp³-hybridized carbons (Fsp3) is 0.179. The van der Waals surface area contributed by atoms with Crippen molar-refractivity contribution in [1.29, 1.82) is 0 Å². The number of hydrogen-bond donors (Lipinski definition) is 1. The Bertz CT molecular complexity index is 1710. The lowest BCUT2D eigenvalue weighted by molar-refractivity contribution is 0.696. The van der Waals surface area contributed by atoms with E-state index in [4.69, 9.17) is 10.8 Å². The molecule has 0 aliphatic carbocycles. The fourth-order valence-electron chi connectivity index (χ4n) is 5.11. The zero-order valence-corrected chi connectivity index (χ0v) is 20.2. The molecule has 0 atom stereocenters. The Balaban J connectivity index is 1.29. The van der Waals surface area contributed by atoms with Crippen LogP contribution in [0.2, 0.25) is 0 Å². The fourth-order valence-corrected chi connectivity index (χ4v) is 5.11. The van der Waals surface area contributed by atoms with Gasteiger partial charge in [0, 0.05) is 48.2 Å². The van der Waals surface area contributed by atoms with Crippen LogP contribution < -0.4 is 10.6 Å². The van der Waals surface area contributed by atoms with E-state index >= 15 is 0 Å². The van der Waals surface area contributed by atoms with Gasteiger partial charge in [0.15, 0.2) is 5.82 Å². The minimum Gasteiger partial charge on any atom is -0.382 e. The number of hydrogen-bond acceptors (Lipinski definition) is 7. The van der Waals surface area contributed by atoms with Gasteiger partial charge < -0.3 is 10.6 Å². The summed E-state index contributed by atoms with van der Waals surface area (Å²) in [6.45, 7) is 2.73. The zero-order valence-electron chi connectivity index (χ0n) is 20.2. The summed E-state index contributed by atoms with van der Waals surface area (Å²) < 4.78 is 3.80. The van der Waals surface area contributed by atoms with Crippen LogP contribution >= 0.6 is 0 Å². The molecule has 4 aromatic heterocycles. The molecule has 5 heterocycles. The Morgan fingerprint density at radius 1 is 0.865 bits per heavy atom. The second-order valence-electron chi connectivity index (χ2n) is 9.40. The van der Waals surface area contributed by atoms with Crippen molar-refractivity contribution in [1.82, 2.24) is 34.3 Å². The maximum atomic E-state index is 6.37. The monoisotopic (exact) mass is 487 g/mol. The Morgan fingerprint density at radius 3 is 2.49 bits per heavy atom. The number of aromatic nitrogens is 7. The first-order valence-electron chi connectivity index (χ1n) is 12.4. The highest BCUT2D eigenvalue weighted by Crippen LogP contribution is 2.35. The lowest BCUT2D eigenvalue weighted by atomic mass is 10.0. The molecule has 0 bridgehead atoms. The second-order valence-corrected chi connectivity index (χ2v) is 9.40. The largest absolute Gasteiger partial charge is 0.382 e. The molecule has 182 valence electrons. The molecule has 0 spiro atoms. The first-order chi connectivity index (χ1) is 18.2. The number of nitrogens with zero attached hydrogens (tertiary/aromatic N) is 8. The van der Waals surface area contributed by atoms with Crippen molar-refractivity contribution < 1.29 is 0 Å². The van der Waals surface area contributed by atoms with E-state index in [0.29, 0.717) is 5.82 Å². The summed E-state index contributed by atoms with van der Waals surface area (Å²) in [4.78, 5) is 15.8. The van der Waals surface area contributed by atoms with Crippen LogP contribution in [0, 0.1) is 0 Å². The molecule has 1 aliphatic rings. The topological polar surface area (TPSA) is 103 Å². The van der Waals surface area contributed by atoms with Crippen molar-refractivity contribution in [2.75, 3.05) is 23.7 Å². The van der Waals surface area contributed by atoms with E-state index in [-0.39, 0.29) is 0 Å². The van der Waals surface area contributed by atoms with Crippen LogP contribution in [0.1, 0.15) is 18.4 Å². The summed E-state index contributed by atoms with van der Waals surface area (Å²) in [6, 6.07) is 18.7. The summed E-state index contributed by atoms with van der Waals surface area (Å²) in [5.74, 6) is 1.19. The molecule has 2 aromatic carbocycles. The van der Waals surface area contributed by atoms with Gasteiger partial charge in [-0.3, -0.25) is 4.68 Å². The second kappa shape index (κ2) is 8.70. The summed E-state index contributed by atoms with van der Waals surface area (Å²) in [5.41, 5.74) is 12.9. The van der Waals surface area contributed by atoms with Gasteiger partial charge in [-0.1, -0.05) is 42.5 Å². The van der Waals surface area contributed by atoms with Crippen LogP contribution in [0.5, 0.6) is 0 Å². The summed E-state index contributed by atoms with van der Waals surface area (Å²) in [6.07, 6.45) is 9.64. The number of rotatable bonds is 5. The molecule has 6 aromatic rings. The van der Waals surface area contributed by atoms with Crippen molar-refractivity contribution in [2.24, 2.45) is 0 Å². The minimum absolute atomic E-state index is 0.417. The Hall–Kier alpha value is -4.79. The van der Waals surface area contributed by atoms with Gasteiger partial charge in [-0.15, -0.1) is 0 Å². The molecule has 37 heavy (non-hydrogen) atoms. The first-order valence-corrected chi connectivity index (χ1v) is 12.4. The van der Waals surface area contributed by atoms with Gasteiger partial charge in [0.05, 0.1) is 17.8 Å². The normalized spacial score (nSPS) is 13.7. The molecule has 0 saturated carbocycles. The summed E-state index contributed by atoms with van der Waals surface area (Å²) in [7, 11) is 0. The third-order valence-corrected chi connectivity index (χ3v) is 6.96. The molecule has 9 nitrogen and oxygen atoms in total. The van der Waals surface area contributed by atoms with Gasteiger partial charge in [0.2, 0.25) is 5.95 Å². The van der Waals surface area contributed by atoms with E-state index in [2.05, 4.69) is 67.5 Å². The van der Waals surface area contributed by atoms with Gasteiger partial charge in [-0.25, -0.2) is 19.5 Å². The predicted molar refractivity (Wildman–Crippen MR) is 144 cm³/mol. The maximum Gasteiger partial charge on any atom is 0.225 e. The number of benzene rings is 2. The number of fused-ring (bicyclic) bond motifs is 2. The Labute approximate surface area is 213 Å². The minimum atomic E-state index is 0.417. The predicted octanol–water partition coefficient (Wildman–Crippen LogP) is 4.43. The number of nitrogens with two attached hydrogens (primary N) is 1. The smallest absolute Gasteiger partial charge is 0.225 e. The van der Waals surface area contributed by atoms with E-state index in [1.165, 1.54) is 24.7 Å². The third kappa shape index (κ3) is 3.85. The van der Waals surface area contributed by atoms with Crippen LogP contribution in [0.3, 0.4) is 0 Å². The van der Waals surface area contributed by atoms with E-state index in [9.17, 15) is 0 Å². The van der Waals surface area contributed by atoms with Crippen molar-refractivity contribution >= 4 is 28.2 Å². The maximum absolute atomic E-state index is 6.37. The lowest BCUT2D eigenvalue weighted by Crippen LogP contribution is -2.20. The van der Waals surface area contributed by atoms with Crippen LogP contribution in [0.15, 0.2) is 79.5 Å². The van der Waals surface area contributed by atoms with E-state index < -0.39 is 0 Å². The van der Waals surface area contributed by atoms with E-state index in [1.807, 2.05) is 39.8 Å². The van der Waals surface area contributed by atoms with Gasteiger partial charge in [0.1, 0.15) is 11.8 Å². The molecular formula is C28H25N9. The number of anilines is 2. The standard InChI is InChI=1S/C28H25N9/c29-27-26-23(20-8-9-21-17-36(34-24(21)12-20)16-19-6-2-1-3-7-19)13-25(37(26)33-18-32-27)22-14-30-28(31-15-22)35-10-4-5-11-35/h1-3,6-9,12-15,17-18H,4-5,10-11,16H2,(H2,29,32,33). The molecule has 1 saturated heterocycles. The molecule has 0 radical (unpaired) electrons. The Morgan fingerprint density at radius 2 is 1.68 bits per heavy atom. The average molecular weight is 488 g/mol. The van der Waals surface area contributed by atoms with Crippen molar-refractivity contribution in [3.8, 4) is 22.4 Å². The quantitative estimate of drug-likeness (QED) is 0.384. The Kier molecular flexibility index (Phi) is 5.05. The molecular weight excluding hydrogens is 462 g/mol. The molecule has 7 rings (SSSR count). The summed E-state index contributed by atoms with van der Waals surface area (Å²) >= 11 is 0. The third-order valence-electron chi connectivity index (χ3n) is 6.96. The van der Waals surface area contributed by atoms with E-state index in [0.717, 1.165) is 64.4 Å². The van der Waals surface area contributed by atoms with Crippen LogP contribution in [0.4, 0.5) is 11.8 Å². The highest BCUT2D eigenvalue weighted by atomic mass is 15.3.